The lowest BCUT2D eigenvalue weighted by atomic mass is 10.0. The monoisotopic (exact) mass is 457 g/mol. The first-order chi connectivity index (χ1) is 15.6. The molecule has 0 atom stereocenters. The third kappa shape index (κ3) is 5.03. The van der Waals surface area contributed by atoms with Gasteiger partial charge in [0, 0.05) is 29.2 Å². The van der Waals surface area contributed by atoms with Crippen LogP contribution >= 0.6 is 11.3 Å². The maximum Gasteiger partial charge on any atom is 0.341 e. The summed E-state index contributed by atoms with van der Waals surface area (Å²) in [4.78, 5) is 17.2. The molecule has 7 nitrogen and oxygen atoms in total. The minimum atomic E-state index is -0.482. The fraction of sp³-hybridized carbons (Fsp3) is 0.333. The molecule has 0 radical (unpaired) electrons. The topological polar surface area (TPSA) is 76.1 Å². The molecule has 1 heterocycles. The van der Waals surface area contributed by atoms with Gasteiger partial charge in [-0.05, 0) is 44.2 Å². The highest BCUT2D eigenvalue weighted by molar-refractivity contribution is 7.13. The van der Waals surface area contributed by atoms with Crippen LogP contribution in [0.2, 0.25) is 0 Å². The second-order valence-corrected chi connectivity index (χ2v) is 7.56. The van der Waals surface area contributed by atoms with Crippen LogP contribution in [0.5, 0.6) is 17.2 Å². The Kier molecular flexibility index (Phi) is 8.08. The number of nitrogens with zero attached hydrogens (tertiary/aromatic N) is 1. The lowest BCUT2D eigenvalue weighted by Crippen LogP contribution is -2.07. The molecule has 3 aromatic rings. The Bertz CT molecular complexity index is 1080. The molecule has 0 aliphatic heterocycles. The summed E-state index contributed by atoms with van der Waals surface area (Å²) in [6.07, 6.45) is 0. The summed E-state index contributed by atoms with van der Waals surface area (Å²) in [6, 6.07) is 9.43. The largest absolute Gasteiger partial charge is 0.495 e. The van der Waals surface area contributed by atoms with Crippen molar-refractivity contribution in [2.24, 2.45) is 0 Å². The molecule has 2 aromatic carbocycles. The molecular weight excluding hydrogens is 430 g/mol. The fourth-order valence-electron chi connectivity index (χ4n) is 3.33. The summed E-state index contributed by atoms with van der Waals surface area (Å²) < 4.78 is 27.1. The molecule has 3 rings (SSSR count). The van der Waals surface area contributed by atoms with E-state index in [9.17, 15) is 4.79 Å². The average molecular weight is 458 g/mol. The van der Waals surface area contributed by atoms with Crippen LogP contribution in [0, 0.1) is 0 Å². The van der Waals surface area contributed by atoms with Crippen LogP contribution in [0.3, 0.4) is 0 Å². The summed E-state index contributed by atoms with van der Waals surface area (Å²) in [7, 11) is 4.45. The number of rotatable bonds is 10. The summed E-state index contributed by atoms with van der Waals surface area (Å²) >= 11 is 1.51. The van der Waals surface area contributed by atoms with Crippen LogP contribution < -0.4 is 14.2 Å². The van der Waals surface area contributed by atoms with Crippen LogP contribution in [0.4, 0.5) is 0 Å². The quantitative estimate of drug-likeness (QED) is 0.387. The minimum Gasteiger partial charge on any atom is -0.495 e. The van der Waals surface area contributed by atoms with Gasteiger partial charge < -0.3 is 23.7 Å². The van der Waals surface area contributed by atoms with Crippen molar-refractivity contribution >= 4 is 17.3 Å². The maximum atomic E-state index is 12.4. The van der Waals surface area contributed by atoms with Gasteiger partial charge in [-0.3, -0.25) is 0 Å². The Morgan fingerprint density at radius 1 is 0.969 bits per heavy atom. The van der Waals surface area contributed by atoms with E-state index >= 15 is 0 Å². The zero-order valence-corrected chi connectivity index (χ0v) is 19.7. The predicted molar refractivity (Wildman–Crippen MR) is 124 cm³/mol. The van der Waals surface area contributed by atoms with E-state index in [4.69, 9.17) is 28.7 Å². The standard InChI is InChI=1S/C24H27NO6S/c1-6-30-20-9-8-15(12-21(20)31-7-2)23-25-19(14-32-23)16-10-17(13-27-3)22(28-4)18(11-16)24(26)29-5/h8-12,14H,6-7,13H2,1-5H3. The molecule has 170 valence electrons. The molecule has 0 saturated carbocycles. The van der Waals surface area contributed by atoms with Crippen molar-refractivity contribution in [1.29, 1.82) is 0 Å². The number of thiazole rings is 1. The number of methoxy groups -OCH3 is 3. The molecule has 8 heteroatoms. The first-order valence-corrected chi connectivity index (χ1v) is 11.1. The molecule has 1 aromatic heterocycles. The number of ether oxygens (including phenoxy) is 5. The van der Waals surface area contributed by atoms with Crippen LogP contribution in [0.1, 0.15) is 29.8 Å². The lowest BCUT2D eigenvalue weighted by molar-refractivity contribution is 0.0596. The van der Waals surface area contributed by atoms with Crippen LogP contribution in [0.15, 0.2) is 35.7 Å². The van der Waals surface area contributed by atoms with Gasteiger partial charge >= 0.3 is 5.97 Å². The average Bonchev–Trinajstić information content (AvgIpc) is 3.30. The third-order valence-corrected chi connectivity index (χ3v) is 5.56. The highest BCUT2D eigenvalue weighted by Crippen LogP contribution is 2.37. The zero-order valence-electron chi connectivity index (χ0n) is 18.9. The third-order valence-electron chi connectivity index (χ3n) is 4.67. The summed E-state index contributed by atoms with van der Waals surface area (Å²) in [5, 5.41) is 2.78. The van der Waals surface area contributed by atoms with Gasteiger partial charge in [-0.1, -0.05) is 0 Å². The minimum absolute atomic E-state index is 0.286. The number of carbonyl (C=O) groups excluding carboxylic acids is 1. The van der Waals surface area contributed by atoms with Crippen LogP contribution in [-0.2, 0) is 16.1 Å². The number of carbonyl (C=O) groups is 1. The van der Waals surface area contributed by atoms with Gasteiger partial charge in [0.25, 0.3) is 0 Å². The number of hydrogen-bond donors (Lipinski definition) is 0. The molecule has 0 aliphatic rings. The van der Waals surface area contributed by atoms with Gasteiger partial charge in [-0.2, -0.15) is 0 Å². The van der Waals surface area contributed by atoms with Crippen molar-refractivity contribution in [3.05, 3.63) is 46.8 Å². The Morgan fingerprint density at radius 2 is 1.72 bits per heavy atom. The smallest absolute Gasteiger partial charge is 0.341 e. The van der Waals surface area contributed by atoms with Gasteiger partial charge in [-0.25, -0.2) is 9.78 Å². The predicted octanol–water partition coefficient (Wildman–Crippen LogP) is 5.22. The molecule has 0 spiro atoms. The first-order valence-electron chi connectivity index (χ1n) is 10.2. The summed E-state index contributed by atoms with van der Waals surface area (Å²) in [6.45, 7) is 5.26. The van der Waals surface area contributed by atoms with E-state index in [1.807, 2.05) is 43.5 Å². The second kappa shape index (κ2) is 11.0. The van der Waals surface area contributed by atoms with Crippen molar-refractivity contribution in [3.63, 3.8) is 0 Å². The first kappa shape index (κ1) is 23.6. The van der Waals surface area contributed by atoms with E-state index in [0.29, 0.717) is 36.0 Å². The molecule has 32 heavy (non-hydrogen) atoms. The second-order valence-electron chi connectivity index (χ2n) is 6.71. The Morgan fingerprint density at radius 3 is 2.38 bits per heavy atom. The Labute approximate surface area is 191 Å². The summed E-state index contributed by atoms with van der Waals surface area (Å²) in [5.41, 5.74) is 3.50. The number of aromatic nitrogens is 1. The summed E-state index contributed by atoms with van der Waals surface area (Å²) in [5.74, 6) is 1.34. The van der Waals surface area contributed by atoms with Gasteiger partial charge in [-0.15, -0.1) is 11.3 Å². The van der Waals surface area contributed by atoms with E-state index in [1.54, 1.807) is 13.2 Å². The van der Waals surface area contributed by atoms with Crippen molar-refractivity contribution in [2.45, 2.75) is 20.5 Å². The van der Waals surface area contributed by atoms with E-state index in [2.05, 4.69) is 0 Å². The van der Waals surface area contributed by atoms with Crippen LogP contribution in [-0.4, -0.2) is 45.5 Å². The van der Waals surface area contributed by atoms with Crippen molar-refractivity contribution in [2.75, 3.05) is 34.5 Å². The van der Waals surface area contributed by atoms with Gasteiger partial charge in [0.2, 0.25) is 0 Å². The van der Waals surface area contributed by atoms with Crippen molar-refractivity contribution in [1.82, 2.24) is 4.98 Å². The molecule has 0 unspecified atom stereocenters. The van der Waals surface area contributed by atoms with E-state index < -0.39 is 5.97 Å². The fourth-order valence-corrected chi connectivity index (χ4v) is 4.15. The molecule has 0 bridgehead atoms. The van der Waals surface area contributed by atoms with Gasteiger partial charge in [0.1, 0.15) is 16.3 Å². The number of esters is 1. The van der Waals surface area contributed by atoms with E-state index in [-0.39, 0.29) is 6.61 Å². The SMILES string of the molecule is CCOc1ccc(-c2nc(-c3cc(COC)c(OC)c(C(=O)OC)c3)cs2)cc1OCC. The van der Waals surface area contributed by atoms with E-state index in [0.717, 1.165) is 27.4 Å². The normalized spacial score (nSPS) is 10.7. The molecular formula is C24H27NO6S. The molecule has 0 amide bonds. The highest BCUT2D eigenvalue weighted by atomic mass is 32.1. The van der Waals surface area contributed by atoms with Gasteiger partial charge in [0.15, 0.2) is 11.5 Å². The number of hydrogen-bond acceptors (Lipinski definition) is 8. The highest BCUT2D eigenvalue weighted by Gasteiger charge is 2.20. The Balaban J connectivity index is 2.03. The molecule has 0 fully saturated rings. The van der Waals surface area contributed by atoms with Crippen molar-refractivity contribution < 1.29 is 28.5 Å². The molecule has 0 aliphatic carbocycles. The maximum absolute atomic E-state index is 12.4. The Hall–Kier alpha value is -3.10. The van der Waals surface area contributed by atoms with Crippen LogP contribution in [0.25, 0.3) is 21.8 Å². The number of benzene rings is 2. The van der Waals surface area contributed by atoms with Crippen molar-refractivity contribution in [3.8, 4) is 39.1 Å². The molecule has 0 saturated heterocycles. The van der Waals surface area contributed by atoms with E-state index in [1.165, 1.54) is 25.6 Å². The molecule has 0 N–H and O–H groups in total. The zero-order chi connectivity index (χ0) is 23.1. The lowest BCUT2D eigenvalue weighted by Gasteiger charge is -2.14. The van der Waals surface area contributed by atoms with Gasteiger partial charge in [0.05, 0.1) is 39.7 Å².